The Kier molecular flexibility index (Phi) is 5.31. The summed E-state index contributed by atoms with van der Waals surface area (Å²) in [6.07, 6.45) is 1.69. The standard InChI is InChI=1S/C22H24N4O4/c1-25-19(14-5-7-15(28-2)8-6-14)12-26(13-22(25)27)18-11-23-24-17-10-21(30-4)20(29-3)9-16(17)18/h5-11,19H,12-13H2,1-4H3. The number of piperazine rings is 1. The predicted molar refractivity (Wildman–Crippen MR) is 113 cm³/mol. The van der Waals surface area contributed by atoms with Gasteiger partial charge in [-0.05, 0) is 23.8 Å². The van der Waals surface area contributed by atoms with E-state index in [4.69, 9.17) is 14.2 Å². The van der Waals surface area contributed by atoms with Crippen molar-refractivity contribution in [1.82, 2.24) is 15.1 Å². The molecule has 1 amide bonds. The Hall–Kier alpha value is -3.55. The molecule has 1 unspecified atom stereocenters. The maximum Gasteiger partial charge on any atom is 0.242 e. The zero-order chi connectivity index (χ0) is 21.3. The lowest BCUT2D eigenvalue weighted by atomic mass is 10.0. The van der Waals surface area contributed by atoms with E-state index in [0.717, 1.165) is 22.4 Å². The molecule has 0 saturated carbocycles. The number of carbonyl (C=O) groups excluding carboxylic acids is 1. The quantitative estimate of drug-likeness (QED) is 0.642. The van der Waals surface area contributed by atoms with Gasteiger partial charge in [-0.3, -0.25) is 4.79 Å². The minimum atomic E-state index is -0.0967. The van der Waals surface area contributed by atoms with E-state index < -0.39 is 0 Å². The van der Waals surface area contributed by atoms with E-state index >= 15 is 0 Å². The van der Waals surface area contributed by atoms with Crippen molar-refractivity contribution in [2.75, 3.05) is 46.4 Å². The van der Waals surface area contributed by atoms with Crippen LogP contribution in [0.15, 0.2) is 42.6 Å². The van der Waals surface area contributed by atoms with E-state index in [1.807, 2.05) is 42.3 Å². The first kappa shape index (κ1) is 19.8. The van der Waals surface area contributed by atoms with Gasteiger partial charge >= 0.3 is 0 Å². The van der Waals surface area contributed by atoms with Crippen molar-refractivity contribution < 1.29 is 19.0 Å². The molecule has 1 fully saturated rings. The van der Waals surface area contributed by atoms with Gasteiger partial charge in [0.05, 0.1) is 51.3 Å². The second kappa shape index (κ2) is 8.06. The van der Waals surface area contributed by atoms with Crippen molar-refractivity contribution >= 4 is 22.5 Å². The van der Waals surface area contributed by atoms with E-state index in [1.54, 1.807) is 38.5 Å². The molecule has 1 atom stereocenters. The van der Waals surface area contributed by atoms with Crippen LogP contribution >= 0.6 is 0 Å². The van der Waals surface area contributed by atoms with Crippen LogP contribution in [0.2, 0.25) is 0 Å². The van der Waals surface area contributed by atoms with Crippen LogP contribution in [0.25, 0.3) is 10.9 Å². The average molecular weight is 408 g/mol. The molecular weight excluding hydrogens is 384 g/mol. The Morgan fingerprint density at radius 3 is 2.37 bits per heavy atom. The van der Waals surface area contributed by atoms with Crippen LogP contribution in [0, 0.1) is 0 Å². The largest absolute Gasteiger partial charge is 0.497 e. The lowest BCUT2D eigenvalue weighted by molar-refractivity contribution is -0.132. The minimum Gasteiger partial charge on any atom is -0.497 e. The maximum atomic E-state index is 12.8. The number of benzene rings is 2. The number of likely N-dealkylation sites (N-methyl/N-ethyl adjacent to an activating group) is 1. The average Bonchev–Trinajstić information content (AvgIpc) is 2.79. The second-order valence-electron chi connectivity index (χ2n) is 7.13. The van der Waals surface area contributed by atoms with Crippen LogP contribution < -0.4 is 19.1 Å². The molecule has 2 heterocycles. The zero-order valence-corrected chi connectivity index (χ0v) is 17.5. The second-order valence-corrected chi connectivity index (χ2v) is 7.13. The van der Waals surface area contributed by atoms with Gasteiger partial charge in [-0.25, -0.2) is 0 Å². The molecular formula is C22H24N4O4. The SMILES string of the molecule is COc1ccc(C2CN(c3cnnc4cc(OC)c(OC)cc34)CC(=O)N2C)cc1. The molecule has 0 bridgehead atoms. The van der Waals surface area contributed by atoms with Crippen LogP contribution in [0.3, 0.4) is 0 Å². The lowest BCUT2D eigenvalue weighted by Crippen LogP contribution is -2.50. The number of nitrogens with zero attached hydrogens (tertiary/aromatic N) is 4. The highest BCUT2D eigenvalue weighted by molar-refractivity contribution is 5.95. The molecule has 0 radical (unpaired) electrons. The number of aromatic nitrogens is 2. The molecule has 3 aromatic rings. The third-order valence-electron chi connectivity index (χ3n) is 5.54. The number of hydrogen-bond acceptors (Lipinski definition) is 7. The fraction of sp³-hybridized carbons (Fsp3) is 0.318. The van der Waals surface area contributed by atoms with Crippen molar-refractivity contribution in [3.8, 4) is 17.2 Å². The van der Waals surface area contributed by atoms with Crippen LogP contribution in [0.1, 0.15) is 11.6 Å². The summed E-state index contributed by atoms with van der Waals surface area (Å²) in [5.41, 5.74) is 2.56. The topological polar surface area (TPSA) is 77.0 Å². The number of anilines is 1. The van der Waals surface area contributed by atoms with Crippen molar-refractivity contribution in [1.29, 1.82) is 0 Å². The molecule has 8 heteroatoms. The molecule has 4 rings (SSSR count). The monoisotopic (exact) mass is 408 g/mol. The third-order valence-corrected chi connectivity index (χ3v) is 5.54. The van der Waals surface area contributed by atoms with Gasteiger partial charge in [0.25, 0.3) is 0 Å². The first-order valence-electron chi connectivity index (χ1n) is 9.57. The molecule has 2 aromatic carbocycles. The highest BCUT2D eigenvalue weighted by Gasteiger charge is 2.32. The summed E-state index contributed by atoms with van der Waals surface area (Å²) in [5.74, 6) is 2.01. The number of ether oxygens (including phenoxy) is 3. The molecule has 8 nitrogen and oxygen atoms in total. The van der Waals surface area contributed by atoms with E-state index in [0.29, 0.717) is 23.6 Å². The Morgan fingerprint density at radius 1 is 1.00 bits per heavy atom. The number of rotatable bonds is 5. The summed E-state index contributed by atoms with van der Waals surface area (Å²) >= 11 is 0. The summed E-state index contributed by atoms with van der Waals surface area (Å²) < 4.78 is 16.1. The number of carbonyl (C=O) groups is 1. The molecule has 156 valence electrons. The minimum absolute atomic E-state index is 0.0347. The highest BCUT2D eigenvalue weighted by atomic mass is 16.5. The highest BCUT2D eigenvalue weighted by Crippen LogP contribution is 2.37. The number of amides is 1. The van der Waals surface area contributed by atoms with Crippen LogP contribution in [0.5, 0.6) is 17.2 Å². The number of hydrogen-bond donors (Lipinski definition) is 0. The summed E-state index contributed by atoms with van der Waals surface area (Å²) in [6.45, 7) is 0.891. The summed E-state index contributed by atoms with van der Waals surface area (Å²) in [6, 6.07) is 11.4. The fourth-order valence-corrected chi connectivity index (χ4v) is 3.81. The van der Waals surface area contributed by atoms with Crippen LogP contribution in [-0.4, -0.2) is 62.5 Å². The molecule has 0 spiro atoms. The van der Waals surface area contributed by atoms with Crippen molar-refractivity contribution in [2.45, 2.75) is 6.04 Å². The summed E-state index contributed by atoms with van der Waals surface area (Å²) in [5, 5.41) is 9.24. The Bertz CT molecular complexity index is 1070. The van der Waals surface area contributed by atoms with Gasteiger partial charge in [0.1, 0.15) is 5.75 Å². The van der Waals surface area contributed by atoms with Crippen LogP contribution in [-0.2, 0) is 4.79 Å². The Morgan fingerprint density at radius 2 is 1.70 bits per heavy atom. The zero-order valence-electron chi connectivity index (χ0n) is 17.5. The van der Waals surface area contributed by atoms with Crippen LogP contribution in [0.4, 0.5) is 5.69 Å². The molecule has 0 aliphatic carbocycles. The van der Waals surface area contributed by atoms with Crippen molar-refractivity contribution in [2.24, 2.45) is 0 Å². The third kappa shape index (κ3) is 3.45. The van der Waals surface area contributed by atoms with Gasteiger partial charge in [0.15, 0.2) is 11.5 Å². The van der Waals surface area contributed by atoms with Gasteiger partial charge in [-0.1, -0.05) is 12.1 Å². The Labute approximate surface area is 175 Å². The Balaban J connectivity index is 1.74. The molecule has 1 aromatic heterocycles. The van der Waals surface area contributed by atoms with Gasteiger partial charge in [-0.15, -0.1) is 0 Å². The molecule has 30 heavy (non-hydrogen) atoms. The normalized spacial score (nSPS) is 16.7. The first-order valence-corrected chi connectivity index (χ1v) is 9.57. The summed E-state index contributed by atoms with van der Waals surface area (Å²) in [4.78, 5) is 16.7. The van der Waals surface area contributed by atoms with Crippen molar-refractivity contribution in [3.63, 3.8) is 0 Å². The predicted octanol–water partition coefficient (Wildman–Crippen LogP) is 2.68. The van der Waals surface area contributed by atoms with Gasteiger partial charge in [0.2, 0.25) is 5.91 Å². The summed E-state index contributed by atoms with van der Waals surface area (Å²) in [7, 11) is 6.65. The van der Waals surface area contributed by atoms with Gasteiger partial charge in [-0.2, -0.15) is 10.2 Å². The van der Waals surface area contributed by atoms with E-state index in [1.165, 1.54) is 0 Å². The molecule has 0 N–H and O–H groups in total. The van der Waals surface area contributed by atoms with E-state index in [2.05, 4.69) is 10.2 Å². The smallest absolute Gasteiger partial charge is 0.242 e. The number of methoxy groups -OCH3 is 3. The van der Waals surface area contributed by atoms with Crippen molar-refractivity contribution in [3.05, 3.63) is 48.2 Å². The maximum absolute atomic E-state index is 12.8. The molecule has 1 aliphatic rings. The van der Waals surface area contributed by atoms with Gasteiger partial charge in [0, 0.05) is 25.0 Å². The molecule has 1 saturated heterocycles. The molecule has 1 aliphatic heterocycles. The van der Waals surface area contributed by atoms with E-state index in [-0.39, 0.29) is 18.5 Å². The van der Waals surface area contributed by atoms with E-state index in [9.17, 15) is 4.79 Å². The van der Waals surface area contributed by atoms with Gasteiger partial charge < -0.3 is 24.0 Å². The number of fused-ring (bicyclic) bond motifs is 1. The first-order chi connectivity index (χ1) is 14.5. The fourth-order valence-electron chi connectivity index (χ4n) is 3.81. The lowest BCUT2D eigenvalue weighted by Gasteiger charge is -2.40.